The number of nitrogens with zero attached hydrogens (tertiary/aromatic N) is 1. The molecule has 1 aromatic rings. The second-order valence-electron chi connectivity index (χ2n) is 6.59. The van der Waals surface area contributed by atoms with Crippen LogP contribution in [0.5, 0.6) is 0 Å². The van der Waals surface area contributed by atoms with Crippen LogP contribution in [0.4, 0.5) is 5.69 Å². The Morgan fingerprint density at radius 3 is 2.67 bits per heavy atom. The molecule has 2 N–H and O–H groups in total. The second-order valence-corrected chi connectivity index (χ2v) is 7.44. The average molecular weight is 353 g/mol. The molecule has 0 aromatic heterocycles. The Morgan fingerprint density at radius 1 is 1.33 bits per heavy atom. The maximum atomic E-state index is 6.08. The summed E-state index contributed by atoms with van der Waals surface area (Å²) in [6.45, 7) is 4.54. The van der Waals surface area contributed by atoms with E-state index in [9.17, 15) is 0 Å². The van der Waals surface area contributed by atoms with Gasteiger partial charge in [-0.25, -0.2) is 0 Å². The lowest BCUT2D eigenvalue weighted by Gasteiger charge is -2.38. The molecule has 1 aromatic carbocycles. The van der Waals surface area contributed by atoms with Crippen LogP contribution < -0.4 is 10.6 Å². The van der Waals surface area contributed by atoms with Crippen molar-refractivity contribution in [3.05, 3.63) is 28.2 Å². The average Bonchev–Trinajstić information content (AvgIpc) is 2.49. The Morgan fingerprint density at radius 2 is 2.05 bits per heavy atom. The van der Waals surface area contributed by atoms with Crippen molar-refractivity contribution in [1.29, 1.82) is 0 Å². The van der Waals surface area contributed by atoms with Crippen LogP contribution in [0.2, 0.25) is 0 Å². The summed E-state index contributed by atoms with van der Waals surface area (Å²) in [5.41, 5.74) is 8.71. The van der Waals surface area contributed by atoms with Crippen molar-refractivity contribution in [2.45, 2.75) is 64.5 Å². The summed E-state index contributed by atoms with van der Waals surface area (Å²) in [7, 11) is 2.24. The number of benzene rings is 1. The van der Waals surface area contributed by atoms with Gasteiger partial charge in [-0.05, 0) is 49.3 Å². The molecule has 118 valence electrons. The molecule has 1 aliphatic rings. The van der Waals surface area contributed by atoms with Gasteiger partial charge in [-0.15, -0.1) is 0 Å². The largest absolute Gasteiger partial charge is 0.371 e. The van der Waals surface area contributed by atoms with Crippen molar-refractivity contribution in [1.82, 2.24) is 0 Å². The van der Waals surface area contributed by atoms with Crippen LogP contribution in [-0.2, 0) is 6.42 Å². The van der Waals surface area contributed by atoms with Crippen LogP contribution in [0.15, 0.2) is 22.7 Å². The summed E-state index contributed by atoms with van der Waals surface area (Å²) in [5, 5.41) is 0. The van der Waals surface area contributed by atoms with Crippen LogP contribution in [-0.4, -0.2) is 19.1 Å². The first-order valence-corrected chi connectivity index (χ1v) is 9.09. The molecule has 0 saturated heterocycles. The van der Waals surface area contributed by atoms with Gasteiger partial charge < -0.3 is 10.6 Å². The summed E-state index contributed by atoms with van der Waals surface area (Å²) >= 11 is 3.73. The predicted molar refractivity (Wildman–Crippen MR) is 95.9 cm³/mol. The lowest BCUT2D eigenvalue weighted by Crippen LogP contribution is -2.39. The lowest BCUT2D eigenvalue weighted by molar-refractivity contribution is 0.321. The molecule has 3 unspecified atom stereocenters. The van der Waals surface area contributed by atoms with Crippen molar-refractivity contribution in [3.63, 3.8) is 0 Å². The minimum Gasteiger partial charge on any atom is -0.371 e. The fraction of sp³-hybridized carbons (Fsp3) is 0.667. The molecule has 0 bridgehead atoms. The molecule has 21 heavy (non-hydrogen) atoms. The lowest BCUT2D eigenvalue weighted by atomic mass is 9.85. The summed E-state index contributed by atoms with van der Waals surface area (Å²) in [4.78, 5) is 2.47. The van der Waals surface area contributed by atoms with E-state index in [0.717, 1.165) is 18.8 Å². The van der Waals surface area contributed by atoms with Crippen LogP contribution in [0.1, 0.15) is 51.5 Å². The summed E-state index contributed by atoms with van der Waals surface area (Å²) in [6.07, 6.45) is 7.40. The Labute approximate surface area is 138 Å². The number of hydrogen-bond donors (Lipinski definition) is 1. The zero-order valence-corrected chi connectivity index (χ0v) is 15.2. The van der Waals surface area contributed by atoms with E-state index in [1.54, 1.807) is 0 Å². The van der Waals surface area contributed by atoms with Gasteiger partial charge in [0.2, 0.25) is 0 Å². The molecule has 0 radical (unpaired) electrons. The molecule has 3 heteroatoms. The molecule has 1 fully saturated rings. The third-order valence-electron chi connectivity index (χ3n) is 5.01. The van der Waals surface area contributed by atoms with Gasteiger partial charge in [-0.3, -0.25) is 0 Å². The topological polar surface area (TPSA) is 29.3 Å². The van der Waals surface area contributed by atoms with Crippen LogP contribution in [0.25, 0.3) is 0 Å². The van der Waals surface area contributed by atoms with Gasteiger partial charge in [0.25, 0.3) is 0 Å². The standard InChI is InChI=1S/C18H29BrN2/c1-4-15(20)11-14-9-10-16(12-17(14)19)21(3)18-8-6-5-7-13(18)2/h9-10,12-13,15,18H,4-8,11,20H2,1-3H3. The van der Waals surface area contributed by atoms with Gasteiger partial charge in [0.15, 0.2) is 0 Å². The van der Waals surface area contributed by atoms with Gasteiger partial charge in [-0.2, -0.15) is 0 Å². The molecule has 3 atom stereocenters. The van der Waals surface area contributed by atoms with E-state index in [0.29, 0.717) is 6.04 Å². The number of hydrogen-bond acceptors (Lipinski definition) is 2. The van der Waals surface area contributed by atoms with Gasteiger partial charge in [-0.1, -0.05) is 48.7 Å². The highest BCUT2D eigenvalue weighted by Crippen LogP contribution is 2.32. The van der Waals surface area contributed by atoms with E-state index in [1.807, 2.05) is 0 Å². The molecular weight excluding hydrogens is 324 g/mol. The third-order valence-corrected chi connectivity index (χ3v) is 5.75. The molecule has 0 heterocycles. The molecule has 2 nitrogen and oxygen atoms in total. The van der Waals surface area contributed by atoms with Crippen molar-refractivity contribution in [2.75, 3.05) is 11.9 Å². The van der Waals surface area contributed by atoms with Gasteiger partial charge in [0.05, 0.1) is 0 Å². The Kier molecular flexibility index (Phi) is 6.12. The van der Waals surface area contributed by atoms with E-state index in [-0.39, 0.29) is 6.04 Å². The molecule has 0 amide bonds. The highest BCUT2D eigenvalue weighted by molar-refractivity contribution is 9.10. The van der Waals surface area contributed by atoms with E-state index >= 15 is 0 Å². The maximum absolute atomic E-state index is 6.08. The molecule has 0 spiro atoms. The van der Waals surface area contributed by atoms with Gasteiger partial charge in [0.1, 0.15) is 0 Å². The molecule has 2 rings (SSSR count). The zero-order valence-electron chi connectivity index (χ0n) is 13.6. The first-order chi connectivity index (χ1) is 10.0. The monoisotopic (exact) mass is 352 g/mol. The summed E-state index contributed by atoms with van der Waals surface area (Å²) in [6, 6.07) is 7.68. The summed E-state index contributed by atoms with van der Waals surface area (Å²) in [5.74, 6) is 0.788. The molecule has 0 aliphatic heterocycles. The van der Waals surface area contributed by atoms with Gasteiger partial charge >= 0.3 is 0 Å². The first kappa shape index (κ1) is 16.8. The number of anilines is 1. The highest BCUT2D eigenvalue weighted by atomic mass is 79.9. The molecular formula is C18H29BrN2. The third kappa shape index (κ3) is 4.23. The quantitative estimate of drug-likeness (QED) is 0.828. The number of nitrogens with two attached hydrogens (primary N) is 1. The highest BCUT2D eigenvalue weighted by Gasteiger charge is 2.25. The normalized spacial score (nSPS) is 23.9. The second kappa shape index (κ2) is 7.64. The van der Waals surface area contributed by atoms with Crippen molar-refractivity contribution < 1.29 is 0 Å². The SMILES string of the molecule is CCC(N)Cc1ccc(N(C)C2CCCCC2C)cc1Br. The van der Waals surface area contributed by atoms with Gasteiger partial charge in [0, 0.05) is 29.3 Å². The molecule has 1 saturated carbocycles. The number of halogens is 1. The predicted octanol–water partition coefficient (Wildman–Crippen LogP) is 4.74. The summed E-state index contributed by atoms with van der Waals surface area (Å²) < 4.78 is 1.19. The smallest absolute Gasteiger partial charge is 0.0377 e. The van der Waals surface area contributed by atoms with E-state index < -0.39 is 0 Å². The minimum absolute atomic E-state index is 0.253. The Balaban J connectivity index is 2.11. The minimum atomic E-state index is 0.253. The number of rotatable bonds is 5. The van der Waals surface area contributed by atoms with Crippen LogP contribution in [0.3, 0.4) is 0 Å². The van der Waals surface area contributed by atoms with Crippen LogP contribution >= 0.6 is 15.9 Å². The fourth-order valence-electron chi connectivity index (χ4n) is 3.41. The maximum Gasteiger partial charge on any atom is 0.0377 e. The zero-order chi connectivity index (χ0) is 15.4. The Hall–Kier alpha value is -0.540. The van der Waals surface area contributed by atoms with Crippen molar-refractivity contribution in [2.24, 2.45) is 11.7 Å². The molecule has 1 aliphatic carbocycles. The van der Waals surface area contributed by atoms with Crippen LogP contribution in [0, 0.1) is 5.92 Å². The van der Waals surface area contributed by atoms with E-state index in [4.69, 9.17) is 5.73 Å². The van der Waals surface area contributed by atoms with E-state index in [1.165, 1.54) is 41.4 Å². The first-order valence-electron chi connectivity index (χ1n) is 8.29. The fourth-order valence-corrected chi connectivity index (χ4v) is 3.94. The van der Waals surface area contributed by atoms with Crippen molar-refractivity contribution >= 4 is 21.6 Å². The Bertz CT molecular complexity index is 461. The van der Waals surface area contributed by atoms with E-state index in [2.05, 4.69) is 59.9 Å². The van der Waals surface area contributed by atoms with Crippen molar-refractivity contribution in [3.8, 4) is 0 Å².